The second-order valence-corrected chi connectivity index (χ2v) is 7.12. The van der Waals surface area contributed by atoms with Crippen molar-refractivity contribution in [1.29, 1.82) is 0 Å². The molecule has 0 aromatic heterocycles. The van der Waals surface area contributed by atoms with Crippen molar-refractivity contribution in [2.75, 3.05) is 24.7 Å². The van der Waals surface area contributed by atoms with Crippen LogP contribution in [0.5, 0.6) is 0 Å². The Kier molecular flexibility index (Phi) is 2.55. The Hall–Kier alpha value is -0.820. The molecule has 1 aliphatic carbocycles. The van der Waals surface area contributed by atoms with Crippen LogP contribution in [0.3, 0.4) is 0 Å². The molecule has 2 unspecified atom stereocenters. The monoisotopic (exact) mass is 260 g/mol. The zero-order valence-electron chi connectivity index (χ0n) is 9.46. The molecule has 1 N–H and O–H groups in total. The highest BCUT2D eigenvalue weighted by atomic mass is 32.2. The first-order valence-corrected chi connectivity index (χ1v) is 7.76. The quantitative estimate of drug-likeness (QED) is 0.680. The SMILES string of the molecule is O=C(NC1CC1)N1CCOC2CS(=O)(=O)CC21. The molecule has 96 valence electrons. The third kappa shape index (κ3) is 2.26. The van der Waals surface area contributed by atoms with Gasteiger partial charge < -0.3 is 15.0 Å². The number of morpholine rings is 1. The second-order valence-electron chi connectivity index (χ2n) is 4.97. The van der Waals surface area contributed by atoms with E-state index in [1.807, 2.05) is 0 Å². The van der Waals surface area contributed by atoms with E-state index >= 15 is 0 Å². The van der Waals surface area contributed by atoms with Crippen LogP contribution >= 0.6 is 0 Å². The predicted octanol–water partition coefficient (Wildman–Crippen LogP) is -0.644. The van der Waals surface area contributed by atoms with Crippen LogP contribution in [0.1, 0.15) is 12.8 Å². The zero-order chi connectivity index (χ0) is 12.0. The van der Waals surface area contributed by atoms with Crippen molar-refractivity contribution in [3.8, 4) is 0 Å². The number of hydrogen-bond acceptors (Lipinski definition) is 4. The summed E-state index contributed by atoms with van der Waals surface area (Å²) in [7, 11) is -3.05. The van der Waals surface area contributed by atoms with Gasteiger partial charge in [-0.1, -0.05) is 0 Å². The number of sulfone groups is 1. The Bertz CT molecular complexity index is 432. The van der Waals surface area contributed by atoms with E-state index in [1.54, 1.807) is 4.90 Å². The molecule has 7 heteroatoms. The Morgan fingerprint density at radius 2 is 2.06 bits per heavy atom. The molecule has 0 bridgehead atoms. The van der Waals surface area contributed by atoms with Crippen LogP contribution in [0.4, 0.5) is 4.79 Å². The predicted molar refractivity (Wildman–Crippen MR) is 60.4 cm³/mol. The number of ether oxygens (including phenoxy) is 1. The van der Waals surface area contributed by atoms with Crippen LogP contribution in [-0.4, -0.2) is 62.2 Å². The molecule has 0 radical (unpaired) electrons. The average molecular weight is 260 g/mol. The highest BCUT2D eigenvalue weighted by molar-refractivity contribution is 7.91. The average Bonchev–Trinajstić information content (AvgIpc) is 2.97. The summed E-state index contributed by atoms with van der Waals surface area (Å²) in [5.74, 6) is 0.0840. The number of carbonyl (C=O) groups excluding carboxylic acids is 1. The minimum atomic E-state index is -3.05. The van der Waals surface area contributed by atoms with E-state index in [1.165, 1.54) is 0 Å². The molecular formula is C10H16N2O4S. The minimum Gasteiger partial charge on any atom is -0.373 e. The molecule has 2 amide bonds. The van der Waals surface area contributed by atoms with Gasteiger partial charge in [0.05, 0.1) is 30.3 Å². The zero-order valence-corrected chi connectivity index (χ0v) is 10.3. The lowest BCUT2D eigenvalue weighted by molar-refractivity contribution is -0.0290. The van der Waals surface area contributed by atoms with Crippen LogP contribution in [0.15, 0.2) is 0 Å². The smallest absolute Gasteiger partial charge is 0.318 e. The molecule has 3 fully saturated rings. The normalized spacial score (nSPS) is 35.4. The summed E-state index contributed by atoms with van der Waals surface area (Å²) in [5, 5.41) is 2.90. The van der Waals surface area contributed by atoms with E-state index < -0.39 is 9.84 Å². The summed E-state index contributed by atoms with van der Waals surface area (Å²) in [6, 6.07) is -0.141. The van der Waals surface area contributed by atoms with Gasteiger partial charge >= 0.3 is 6.03 Å². The first-order chi connectivity index (χ1) is 8.05. The van der Waals surface area contributed by atoms with Crippen molar-refractivity contribution >= 4 is 15.9 Å². The lowest BCUT2D eigenvalue weighted by Crippen LogP contribution is -2.56. The first-order valence-electron chi connectivity index (χ1n) is 5.94. The topological polar surface area (TPSA) is 75.7 Å². The number of carbonyl (C=O) groups is 1. The molecule has 0 aromatic rings. The lowest BCUT2D eigenvalue weighted by Gasteiger charge is -2.36. The number of hydrogen-bond donors (Lipinski definition) is 1. The van der Waals surface area contributed by atoms with Gasteiger partial charge in [0.2, 0.25) is 0 Å². The van der Waals surface area contributed by atoms with Gasteiger partial charge in [0, 0.05) is 12.6 Å². The van der Waals surface area contributed by atoms with E-state index in [0.717, 1.165) is 12.8 Å². The maximum atomic E-state index is 12.0. The van der Waals surface area contributed by atoms with Crippen molar-refractivity contribution in [1.82, 2.24) is 10.2 Å². The Morgan fingerprint density at radius 3 is 2.76 bits per heavy atom. The number of nitrogens with one attached hydrogen (secondary N) is 1. The second kappa shape index (κ2) is 3.84. The van der Waals surface area contributed by atoms with E-state index in [-0.39, 0.29) is 29.7 Å². The van der Waals surface area contributed by atoms with Crippen LogP contribution in [0.2, 0.25) is 0 Å². The van der Waals surface area contributed by atoms with Gasteiger partial charge in [-0.05, 0) is 12.8 Å². The number of fused-ring (bicyclic) bond motifs is 1. The number of rotatable bonds is 1. The third-order valence-electron chi connectivity index (χ3n) is 3.50. The van der Waals surface area contributed by atoms with Gasteiger partial charge in [-0.2, -0.15) is 0 Å². The Labute approximate surface area is 100 Å². The molecule has 2 atom stereocenters. The highest BCUT2D eigenvalue weighted by Gasteiger charge is 2.46. The molecule has 3 rings (SSSR count). The van der Waals surface area contributed by atoms with Crippen molar-refractivity contribution in [2.24, 2.45) is 0 Å². The Balaban J connectivity index is 1.73. The molecule has 0 spiro atoms. The van der Waals surface area contributed by atoms with Gasteiger partial charge in [0.1, 0.15) is 0 Å². The fourth-order valence-electron chi connectivity index (χ4n) is 2.45. The third-order valence-corrected chi connectivity index (χ3v) is 5.19. The van der Waals surface area contributed by atoms with E-state index in [0.29, 0.717) is 19.2 Å². The fraction of sp³-hybridized carbons (Fsp3) is 0.900. The fourth-order valence-corrected chi connectivity index (χ4v) is 4.32. The van der Waals surface area contributed by atoms with E-state index in [4.69, 9.17) is 4.74 Å². The van der Waals surface area contributed by atoms with Crippen molar-refractivity contribution in [2.45, 2.75) is 31.0 Å². The van der Waals surface area contributed by atoms with Crippen molar-refractivity contribution < 1.29 is 17.9 Å². The van der Waals surface area contributed by atoms with Crippen molar-refractivity contribution in [3.63, 3.8) is 0 Å². The van der Waals surface area contributed by atoms with Crippen LogP contribution in [-0.2, 0) is 14.6 Å². The molecule has 1 saturated carbocycles. The standard InChI is InChI=1S/C10H16N2O4S/c13-10(11-7-1-2-7)12-3-4-16-9-6-17(14,15)5-8(9)12/h7-9H,1-6H2,(H,11,13). The lowest BCUT2D eigenvalue weighted by atomic mass is 10.1. The summed E-state index contributed by atoms with van der Waals surface area (Å²) in [4.78, 5) is 13.6. The number of urea groups is 1. The number of nitrogens with zero attached hydrogens (tertiary/aromatic N) is 1. The Morgan fingerprint density at radius 1 is 1.29 bits per heavy atom. The van der Waals surface area contributed by atoms with Gasteiger partial charge in [0.15, 0.2) is 9.84 Å². The van der Waals surface area contributed by atoms with Crippen LogP contribution in [0, 0.1) is 0 Å². The van der Waals surface area contributed by atoms with E-state index in [2.05, 4.69) is 5.32 Å². The number of amides is 2. The summed E-state index contributed by atoms with van der Waals surface area (Å²) in [5.41, 5.74) is 0. The van der Waals surface area contributed by atoms with Gasteiger partial charge in [0.25, 0.3) is 0 Å². The van der Waals surface area contributed by atoms with Gasteiger partial charge in [-0.25, -0.2) is 13.2 Å². The maximum absolute atomic E-state index is 12.0. The highest BCUT2D eigenvalue weighted by Crippen LogP contribution is 2.26. The first kappa shape index (κ1) is 11.3. The summed E-state index contributed by atoms with van der Waals surface area (Å²) in [6.45, 7) is 0.907. The van der Waals surface area contributed by atoms with E-state index in [9.17, 15) is 13.2 Å². The molecule has 2 aliphatic heterocycles. The van der Waals surface area contributed by atoms with Crippen molar-refractivity contribution in [3.05, 3.63) is 0 Å². The van der Waals surface area contributed by atoms with Crippen LogP contribution < -0.4 is 5.32 Å². The molecular weight excluding hydrogens is 244 g/mol. The van der Waals surface area contributed by atoms with Gasteiger partial charge in [-0.15, -0.1) is 0 Å². The summed E-state index contributed by atoms with van der Waals surface area (Å²) in [6.07, 6.45) is 1.73. The van der Waals surface area contributed by atoms with Crippen LogP contribution in [0.25, 0.3) is 0 Å². The largest absolute Gasteiger partial charge is 0.373 e. The summed E-state index contributed by atoms with van der Waals surface area (Å²) >= 11 is 0. The molecule has 3 aliphatic rings. The molecule has 17 heavy (non-hydrogen) atoms. The molecule has 6 nitrogen and oxygen atoms in total. The molecule has 0 aromatic carbocycles. The maximum Gasteiger partial charge on any atom is 0.318 e. The minimum absolute atomic E-state index is 0.0375. The molecule has 2 saturated heterocycles. The van der Waals surface area contributed by atoms with Gasteiger partial charge in [-0.3, -0.25) is 0 Å². The molecule has 2 heterocycles. The summed E-state index contributed by atoms with van der Waals surface area (Å²) < 4.78 is 28.6.